The second kappa shape index (κ2) is 37.1. The molecule has 0 aromatic heterocycles. The molecule has 0 saturated carbocycles. The van der Waals surface area contributed by atoms with Crippen molar-refractivity contribution in [1.82, 2.24) is 0 Å². The van der Waals surface area contributed by atoms with Crippen molar-refractivity contribution in [3.63, 3.8) is 0 Å². The second-order valence-corrected chi connectivity index (χ2v) is 3.32. The molecule has 0 heterocycles. The van der Waals surface area contributed by atoms with Gasteiger partial charge in [-0.25, -0.2) is 0 Å². The van der Waals surface area contributed by atoms with E-state index in [2.05, 4.69) is 0 Å². The predicted octanol–water partition coefficient (Wildman–Crippen LogP) is -4.55. The minimum Gasteiger partial charge on any atom is -1.00 e. The third-order valence-corrected chi connectivity index (χ3v) is 0.919. The van der Waals surface area contributed by atoms with E-state index in [-0.39, 0.29) is 126 Å². The summed E-state index contributed by atoms with van der Waals surface area (Å²) in [6.07, 6.45) is 0. The summed E-state index contributed by atoms with van der Waals surface area (Å²) >= 11 is 0. The van der Waals surface area contributed by atoms with Crippen LogP contribution in [0.25, 0.3) is 34.4 Å². The van der Waals surface area contributed by atoms with E-state index in [4.69, 9.17) is 34.4 Å². The fourth-order valence-corrected chi connectivity index (χ4v) is 0. The van der Waals surface area contributed by atoms with Crippen LogP contribution in [0.2, 0.25) is 0 Å². The first-order valence-corrected chi connectivity index (χ1v) is 4.88. The number of hydrogen-bond donors (Lipinski definition) is 0. The van der Waals surface area contributed by atoms with Gasteiger partial charge in [-0.05, 0) is 0 Å². The van der Waals surface area contributed by atoms with E-state index >= 15 is 0 Å². The molecule has 0 radical (unpaired) electrons. The minimum absolute atomic E-state index is 0. The monoisotopic (exact) mass is 656 g/mol. The van der Waals surface area contributed by atoms with E-state index < -0.39 is 0 Å². The molecule has 0 aromatic rings. The molecule has 0 fully saturated rings. The number of nitrogens with one attached hydrogen (secondary N) is 6. The molecule has 126 valence electrons. The maximum Gasteiger partial charge on any atom is 3.00 e. The van der Waals surface area contributed by atoms with Gasteiger partial charge >= 0.3 is 16.8 Å². The van der Waals surface area contributed by atoms with Crippen molar-refractivity contribution in [3.8, 4) is 0 Å². The quantitative estimate of drug-likeness (QED) is 0.270. The van der Waals surface area contributed by atoms with Gasteiger partial charge in [0.25, 0.3) is 0 Å². The van der Waals surface area contributed by atoms with Gasteiger partial charge in [0.2, 0.25) is 0 Å². The van der Waals surface area contributed by atoms with Gasteiger partial charge in [-0.15, -0.1) is 0 Å². The maximum atomic E-state index is 6.64. The first kappa shape index (κ1) is 43.0. The summed E-state index contributed by atoms with van der Waals surface area (Å²) in [6, 6.07) is -0.597. The molecular formula is C9H24CoI3N6-6. The predicted molar refractivity (Wildman–Crippen MR) is 68.9 cm³/mol. The Morgan fingerprint density at radius 1 is 0.579 bits per heavy atom. The number of rotatable bonds is 3. The zero-order valence-corrected chi connectivity index (χ0v) is 18.8. The van der Waals surface area contributed by atoms with Crippen LogP contribution in [-0.2, 0) is 16.8 Å². The Balaban J connectivity index is -0.0000000206. The van der Waals surface area contributed by atoms with Gasteiger partial charge in [-0.2, -0.15) is 37.8 Å². The molecule has 0 saturated heterocycles. The molecule has 10 heteroatoms. The molecule has 3 unspecified atom stereocenters. The standard InChI is InChI=1S/3C3H8N2.Co.3HI/c3*1-3(5)2-4;;;;/h3*3-5H,2H2,1H3;;3*1H/q3*-2;+3;;;/p-3. The van der Waals surface area contributed by atoms with Crippen molar-refractivity contribution < 1.29 is 88.7 Å². The third-order valence-electron chi connectivity index (χ3n) is 0.919. The van der Waals surface area contributed by atoms with E-state index in [0.29, 0.717) is 0 Å². The summed E-state index contributed by atoms with van der Waals surface area (Å²) in [5, 5.41) is 0. The fourth-order valence-electron chi connectivity index (χ4n) is 0. The zero-order chi connectivity index (χ0) is 12.9. The summed E-state index contributed by atoms with van der Waals surface area (Å²) < 4.78 is 0. The molecule has 19 heavy (non-hydrogen) atoms. The smallest absolute Gasteiger partial charge is 1.00 e. The van der Waals surface area contributed by atoms with Crippen LogP contribution in [-0.4, -0.2) is 37.8 Å². The van der Waals surface area contributed by atoms with E-state index in [1.165, 1.54) is 0 Å². The molecule has 3 atom stereocenters. The van der Waals surface area contributed by atoms with Crippen molar-refractivity contribution >= 4 is 0 Å². The largest absolute Gasteiger partial charge is 3.00 e. The van der Waals surface area contributed by atoms with Crippen LogP contribution in [0, 0.1) is 0 Å². The van der Waals surface area contributed by atoms with Crippen LogP contribution in [0.15, 0.2) is 0 Å². The van der Waals surface area contributed by atoms with Gasteiger partial charge < -0.3 is 106 Å². The molecule has 6 N–H and O–H groups in total. The van der Waals surface area contributed by atoms with Crippen LogP contribution in [0.5, 0.6) is 0 Å². The summed E-state index contributed by atoms with van der Waals surface area (Å²) in [5.74, 6) is 0. The van der Waals surface area contributed by atoms with Gasteiger partial charge in [0.05, 0.1) is 0 Å². The Hall–Kier alpha value is 2.46. The van der Waals surface area contributed by atoms with Crippen LogP contribution in [0.1, 0.15) is 20.8 Å². The van der Waals surface area contributed by atoms with Crippen LogP contribution in [0.4, 0.5) is 0 Å². The van der Waals surface area contributed by atoms with Gasteiger partial charge in [-0.3, -0.25) is 0 Å². The van der Waals surface area contributed by atoms with Gasteiger partial charge in [0.15, 0.2) is 0 Å². The topological polar surface area (TPSA) is 143 Å². The molecule has 0 amide bonds. The Labute approximate surface area is 179 Å². The van der Waals surface area contributed by atoms with E-state index in [1.54, 1.807) is 20.8 Å². The Morgan fingerprint density at radius 3 is 0.632 bits per heavy atom. The number of halogens is 3. The molecule has 0 rings (SSSR count). The Bertz CT molecular complexity index is 92.9. The summed E-state index contributed by atoms with van der Waals surface area (Å²) in [6.45, 7) is 5.77. The van der Waals surface area contributed by atoms with E-state index in [9.17, 15) is 0 Å². The molecule has 0 aliphatic heterocycles. The normalized spacial score (nSPS) is 11.8. The first-order chi connectivity index (χ1) is 6.81. The SMILES string of the molecule is CC([NH-])C[NH-].CC([NH-])C[NH-].CC([NH-])C[NH-].[Co+3].[I-].[I-].[I-]. The maximum absolute atomic E-state index is 6.64. The van der Waals surface area contributed by atoms with Crippen molar-refractivity contribution in [1.29, 1.82) is 0 Å². The molecule has 0 aliphatic carbocycles. The Morgan fingerprint density at radius 2 is 0.632 bits per heavy atom. The van der Waals surface area contributed by atoms with Crippen molar-refractivity contribution in [2.24, 2.45) is 0 Å². The van der Waals surface area contributed by atoms with E-state index in [1.807, 2.05) is 0 Å². The number of hydrogen-bond acceptors (Lipinski definition) is 0. The minimum atomic E-state index is -0.199. The summed E-state index contributed by atoms with van der Waals surface area (Å²) in [4.78, 5) is 0. The molecule has 0 bridgehead atoms. The molecule has 0 aliphatic rings. The van der Waals surface area contributed by atoms with Crippen LogP contribution >= 0.6 is 0 Å². The van der Waals surface area contributed by atoms with Crippen LogP contribution in [0.3, 0.4) is 0 Å². The fraction of sp³-hybridized carbons (Fsp3) is 1.00. The average Bonchev–Trinajstić information content (AvgIpc) is 2.19. The zero-order valence-electron chi connectivity index (χ0n) is 11.3. The first-order valence-electron chi connectivity index (χ1n) is 4.88. The van der Waals surface area contributed by atoms with Crippen molar-refractivity contribution in [3.05, 3.63) is 34.4 Å². The van der Waals surface area contributed by atoms with Crippen molar-refractivity contribution in [2.75, 3.05) is 19.6 Å². The van der Waals surface area contributed by atoms with E-state index in [0.717, 1.165) is 0 Å². The van der Waals surface area contributed by atoms with Gasteiger partial charge in [0.1, 0.15) is 0 Å². The second-order valence-electron chi connectivity index (χ2n) is 3.32. The molecule has 6 nitrogen and oxygen atoms in total. The summed E-state index contributed by atoms with van der Waals surface area (Å²) in [7, 11) is 0. The van der Waals surface area contributed by atoms with Gasteiger partial charge in [0, 0.05) is 0 Å². The molecule has 0 aromatic carbocycles. The Kier molecular flexibility index (Phi) is 83.8. The third kappa shape index (κ3) is 97.4. The average molecular weight is 656 g/mol. The van der Waals surface area contributed by atoms with Crippen LogP contribution < -0.4 is 71.9 Å². The summed E-state index contributed by atoms with van der Waals surface area (Å²) in [5.41, 5.74) is 39.3. The van der Waals surface area contributed by atoms with Gasteiger partial charge in [-0.1, -0.05) is 20.8 Å². The van der Waals surface area contributed by atoms with Crippen molar-refractivity contribution in [2.45, 2.75) is 38.9 Å². The molecule has 0 spiro atoms. The molecular weight excluding hydrogens is 632 g/mol.